The maximum atomic E-state index is 5.11. The molecule has 7 nitrogen and oxygen atoms in total. The first-order valence-electron chi connectivity index (χ1n) is 7.35. The number of pyridine rings is 1. The molecule has 0 aliphatic carbocycles. The van der Waals surface area contributed by atoms with E-state index in [9.17, 15) is 0 Å². The average molecular weight is 330 g/mol. The van der Waals surface area contributed by atoms with Crippen LogP contribution in [0.3, 0.4) is 0 Å². The Balaban J connectivity index is 1.80. The van der Waals surface area contributed by atoms with Gasteiger partial charge in [0.25, 0.3) is 0 Å². The van der Waals surface area contributed by atoms with Gasteiger partial charge in [-0.2, -0.15) is 19.4 Å². The number of methoxy groups -OCH3 is 1. The van der Waals surface area contributed by atoms with Gasteiger partial charge in [0.1, 0.15) is 5.82 Å². The van der Waals surface area contributed by atoms with Gasteiger partial charge in [0, 0.05) is 30.3 Å². The van der Waals surface area contributed by atoms with Gasteiger partial charge in [0.15, 0.2) is 5.82 Å². The third-order valence-corrected chi connectivity index (χ3v) is 3.86. The Bertz CT molecular complexity index is 797. The molecule has 0 unspecified atom stereocenters. The molecule has 1 N–H and O–H groups in total. The monoisotopic (exact) mass is 330 g/mol. The Labute approximate surface area is 138 Å². The summed E-state index contributed by atoms with van der Waals surface area (Å²) < 4.78 is 11.5. The van der Waals surface area contributed by atoms with E-state index in [4.69, 9.17) is 4.74 Å². The van der Waals surface area contributed by atoms with Crippen molar-refractivity contribution < 1.29 is 4.74 Å². The first kappa shape index (κ1) is 15.4. The predicted molar refractivity (Wildman–Crippen MR) is 90.2 cm³/mol. The molecule has 3 rings (SSSR count). The van der Waals surface area contributed by atoms with Gasteiger partial charge in [0.05, 0.1) is 18.4 Å². The summed E-state index contributed by atoms with van der Waals surface area (Å²) in [4.78, 5) is 8.83. The molecule has 0 bridgehead atoms. The third-order valence-electron chi connectivity index (χ3n) is 3.23. The third kappa shape index (κ3) is 3.48. The summed E-state index contributed by atoms with van der Waals surface area (Å²) in [5.41, 5.74) is 1.89. The number of nitrogens with one attached hydrogen (secondary N) is 1. The molecule has 0 saturated heterocycles. The molecule has 8 heteroatoms. The van der Waals surface area contributed by atoms with Crippen LogP contribution in [0, 0.1) is 6.92 Å². The van der Waals surface area contributed by atoms with Crippen molar-refractivity contribution in [3.63, 3.8) is 0 Å². The number of hydrogen-bond donors (Lipinski definition) is 1. The fourth-order valence-corrected chi connectivity index (χ4v) is 2.76. The van der Waals surface area contributed by atoms with Crippen LogP contribution in [0.15, 0.2) is 24.4 Å². The maximum absolute atomic E-state index is 5.11. The quantitative estimate of drug-likeness (QED) is 0.747. The summed E-state index contributed by atoms with van der Waals surface area (Å²) in [6, 6.07) is 5.52. The second kappa shape index (κ2) is 6.74. The van der Waals surface area contributed by atoms with E-state index in [1.807, 2.05) is 29.9 Å². The van der Waals surface area contributed by atoms with Crippen LogP contribution in [-0.4, -0.2) is 31.2 Å². The molecule has 0 aromatic carbocycles. The Morgan fingerprint density at radius 3 is 2.96 bits per heavy atom. The summed E-state index contributed by atoms with van der Waals surface area (Å²) >= 11 is 1.29. The van der Waals surface area contributed by atoms with Crippen molar-refractivity contribution >= 4 is 22.5 Å². The van der Waals surface area contributed by atoms with Gasteiger partial charge in [0.2, 0.25) is 11.0 Å². The Hall–Kier alpha value is -2.48. The second-order valence-electron chi connectivity index (χ2n) is 5.00. The number of aryl methyl sites for hydroxylation is 2. The van der Waals surface area contributed by atoms with E-state index in [-0.39, 0.29) is 0 Å². The van der Waals surface area contributed by atoms with Crippen LogP contribution in [0.2, 0.25) is 0 Å². The van der Waals surface area contributed by atoms with Gasteiger partial charge < -0.3 is 10.1 Å². The molecular formula is C15H18N6OS. The first-order valence-corrected chi connectivity index (χ1v) is 8.13. The summed E-state index contributed by atoms with van der Waals surface area (Å²) in [5.74, 6) is 1.90. The molecule has 0 fully saturated rings. The molecule has 0 radical (unpaired) electrons. The summed E-state index contributed by atoms with van der Waals surface area (Å²) in [6.45, 7) is 4.99. The molecule has 3 heterocycles. The van der Waals surface area contributed by atoms with Crippen molar-refractivity contribution in [3.8, 4) is 17.3 Å². The first-order chi connectivity index (χ1) is 11.2. The molecule has 3 aromatic rings. The van der Waals surface area contributed by atoms with Crippen LogP contribution >= 0.6 is 11.5 Å². The van der Waals surface area contributed by atoms with Crippen LogP contribution in [0.4, 0.5) is 10.9 Å². The minimum atomic E-state index is 0.552. The molecule has 0 atom stereocenters. The molecule has 3 aromatic heterocycles. The van der Waals surface area contributed by atoms with Crippen LogP contribution in [-0.2, 0) is 6.54 Å². The highest BCUT2D eigenvalue weighted by atomic mass is 32.1. The van der Waals surface area contributed by atoms with Gasteiger partial charge >= 0.3 is 0 Å². The Kier molecular flexibility index (Phi) is 4.52. The fraction of sp³-hybridized carbons (Fsp3) is 0.333. The second-order valence-corrected chi connectivity index (χ2v) is 5.76. The zero-order valence-electron chi connectivity index (χ0n) is 13.3. The lowest BCUT2D eigenvalue weighted by Crippen LogP contribution is -1.96. The molecule has 120 valence electrons. The lowest BCUT2D eigenvalue weighted by Gasteiger charge is -2.02. The van der Waals surface area contributed by atoms with E-state index in [0.29, 0.717) is 22.7 Å². The number of hydrogen-bond acceptors (Lipinski definition) is 7. The molecule has 0 aliphatic rings. The number of aromatic nitrogens is 5. The van der Waals surface area contributed by atoms with Crippen LogP contribution in [0.5, 0.6) is 5.88 Å². The molecule has 0 aliphatic heterocycles. The number of nitrogens with zero attached hydrogens (tertiary/aromatic N) is 5. The molecule has 23 heavy (non-hydrogen) atoms. The molecule has 0 spiro atoms. The van der Waals surface area contributed by atoms with E-state index in [1.165, 1.54) is 11.5 Å². The Morgan fingerprint density at radius 2 is 2.17 bits per heavy atom. The highest BCUT2D eigenvalue weighted by molar-refractivity contribution is 7.09. The van der Waals surface area contributed by atoms with Crippen molar-refractivity contribution in [2.75, 3.05) is 12.4 Å². The SMILES string of the molecule is CCCn1cc(-c2nsc(Nc3cccc(OC)n3)n2)c(C)n1. The highest BCUT2D eigenvalue weighted by Gasteiger charge is 2.13. The average Bonchev–Trinajstić information content (AvgIpc) is 3.14. The zero-order valence-corrected chi connectivity index (χ0v) is 14.1. The van der Waals surface area contributed by atoms with Crippen molar-refractivity contribution in [3.05, 3.63) is 30.1 Å². The summed E-state index contributed by atoms with van der Waals surface area (Å²) in [5, 5.41) is 8.32. The molecule has 0 saturated carbocycles. The van der Waals surface area contributed by atoms with Crippen LogP contribution < -0.4 is 10.1 Å². The van der Waals surface area contributed by atoms with Gasteiger partial charge in [-0.15, -0.1) is 0 Å². The minimum Gasteiger partial charge on any atom is -0.481 e. The number of anilines is 2. The predicted octanol–water partition coefficient (Wildman–Crippen LogP) is 3.27. The van der Waals surface area contributed by atoms with Gasteiger partial charge in [-0.3, -0.25) is 4.68 Å². The summed E-state index contributed by atoms with van der Waals surface area (Å²) in [6.07, 6.45) is 3.04. The summed E-state index contributed by atoms with van der Waals surface area (Å²) in [7, 11) is 1.59. The van der Waals surface area contributed by atoms with E-state index in [2.05, 4.69) is 31.7 Å². The van der Waals surface area contributed by atoms with Crippen LogP contribution in [0.25, 0.3) is 11.4 Å². The normalized spacial score (nSPS) is 10.7. The highest BCUT2D eigenvalue weighted by Crippen LogP contribution is 2.25. The minimum absolute atomic E-state index is 0.552. The van der Waals surface area contributed by atoms with E-state index < -0.39 is 0 Å². The zero-order chi connectivity index (χ0) is 16.2. The van der Waals surface area contributed by atoms with E-state index in [1.54, 1.807) is 13.2 Å². The van der Waals surface area contributed by atoms with Crippen molar-refractivity contribution in [2.24, 2.45) is 0 Å². The van der Waals surface area contributed by atoms with Gasteiger partial charge in [-0.25, -0.2) is 0 Å². The lowest BCUT2D eigenvalue weighted by atomic mass is 10.2. The fourth-order valence-electron chi connectivity index (χ4n) is 2.17. The largest absolute Gasteiger partial charge is 0.481 e. The van der Waals surface area contributed by atoms with E-state index in [0.717, 1.165) is 24.2 Å². The molecular weight excluding hydrogens is 312 g/mol. The number of rotatable bonds is 6. The van der Waals surface area contributed by atoms with Crippen molar-refractivity contribution in [1.29, 1.82) is 0 Å². The van der Waals surface area contributed by atoms with Gasteiger partial charge in [-0.05, 0) is 19.4 Å². The maximum Gasteiger partial charge on any atom is 0.214 e. The van der Waals surface area contributed by atoms with Crippen LogP contribution in [0.1, 0.15) is 19.0 Å². The standard InChI is InChI=1S/C15H18N6OS/c1-4-8-21-9-11(10(2)19-21)14-18-15(23-20-14)17-12-6-5-7-13(16-12)22-3/h5-7,9H,4,8H2,1-3H3,(H,16,17,18,20). The number of ether oxygens (including phenoxy) is 1. The lowest BCUT2D eigenvalue weighted by molar-refractivity contribution is 0.398. The van der Waals surface area contributed by atoms with Gasteiger partial charge in [-0.1, -0.05) is 13.0 Å². The van der Waals surface area contributed by atoms with Crippen molar-refractivity contribution in [2.45, 2.75) is 26.8 Å². The Morgan fingerprint density at radius 1 is 1.30 bits per heavy atom. The topological polar surface area (TPSA) is 77.8 Å². The molecule has 0 amide bonds. The smallest absolute Gasteiger partial charge is 0.214 e. The van der Waals surface area contributed by atoms with Crippen molar-refractivity contribution in [1.82, 2.24) is 24.1 Å². The van der Waals surface area contributed by atoms with E-state index >= 15 is 0 Å².